The number of hydrogen-bond donors (Lipinski definition) is 0. The van der Waals surface area contributed by atoms with E-state index in [-0.39, 0.29) is 0 Å². The maximum absolute atomic E-state index is 2.38. The molecule has 0 aliphatic carbocycles. The Kier molecular flexibility index (Phi) is 5.75. The van der Waals surface area contributed by atoms with E-state index in [1.54, 1.807) is 0 Å². The Morgan fingerprint density at radius 1 is 0.452 bits per heavy atom. The number of aromatic nitrogens is 1. The van der Waals surface area contributed by atoms with E-state index in [1.807, 2.05) is 0 Å². The number of aryl methyl sites for hydroxylation is 1. The van der Waals surface area contributed by atoms with Crippen LogP contribution in [0.4, 0.5) is 0 Å². The zero-order valence-electron chi connectivity index (χ0n) is 23.8. The van der Waals surface area contributed by atoms with Crippen LogP contribution in [0.5, 0.6) is 0 Å². The standard InChI is InChI=1S/C40H29BN/c1-26-12-11-19-36(27(26)2)41-40-34-17-5-3-15-32(34)39(33-16-4-6-18-35(33)40)28-22-24-29(25-23-28)42-37-20-9-7-13-30(37)31-14-8-10-21-38(31)42/h3-25H,1-2H3. The van der Waals surface area contributed by atoms with Gasteiger partial charge < -0.3 is 4.57 Å². The lowest BCUT2D eigenvalue weighted by atomic mass is 9.59. The third-order valence-corrected chi connectivity index (χ3v) is 8.91. The van der Waals surface area contributed by atoms with Crippen LogP contribution < -0.4 is 10.9 Å². The minimum atomic E-state index is 1.17. The minimum Gasteiger partial charge on any atom is -0.309 e. The zero-order chi connectivity index (χ0) is 28.2. The Morgan fingerprint density at radius 2 is 0.952 bits per heavy atom. The van der Waals surface area contributed by atoms with Crippen molar-refractivity contribution in [2.75, 3.05) is 0 Å². The van der Waals surface area contributed by atoms with Gasteiger partial charge in [0.1, 0.15) is 0 Å². The van der Waals surface area contributed by atoms with Crippen molar-refractivity contribution in [1.29, 1.82) is 0 Å². The third kappa shape index (κ3) is 3.79. The van der Waals surface area contributed by atoms with Crippen LogP contribution in [0.3, 0.4) is 0 Å². The fourth-order valence-electron chi connectivity index (χ4n) is 6.69. The lowest BCUT2D eigenvalue weighted by Crippen LogP contribution is -2.31. The highest BCUT2D eigenvalue weighted by molar-refractivity contribution is 6.73. The molecule has 1 heterocycles. The summed E-state index contributed by atoms with van der Waals surface area (Å²) in [6, 6.07) is 50.8. The molecule has 42 heavy (non-hydrogen) atoms. The maximum atomic E-state index is 2.38. The Balaban J connectivity index is 1.33. The summed E-state index contributed by atoms with van der Waals surface area (Å²) in [4.78, 5) is 0. The van der Waals surface area contributed by atoms with Gasteiger partial charge in [0.15, 0.2) is 7.28 Å². The second kappa shape index (κ2) is 9.78. The first-order valence-corrected chi connectivity index (χ1v) is 14.6. The average Bonchev–Trinajstić information content (AvgIpc) is 3.38. The summed E-state index contributed by atoms with van der Waals surface area (Å²) in [6.45, 7) is 4.41. The lowest BCUT2D eigenvalue weighted by molar-refractivity contribution is 1.18. The molecular formula is C40H29BN. The van der Waals surface area contributed by atoms with Crippen molar-refractivity contribution >= 4 is 61.6 Å². The van der Waals surface area contributed by atoms with Gasteiger partial charge in [0.25, 0.3) is 0 Å². The van der Waals surface area contributed by atoms with Gasteiger partial charge in [-0.05, 0) is 76.3 Å². The summed E-state index contributed by atoms with van der Waals surface area (Å²) < 4.78 is 2.38. The average molecular weight is 534 g/mol. The predicted molar refractivity (Wildman–Crippen MR) is 182 cm³/mol. The molecule has 0 aliphatic heterocycles. The van der Waals surface area contributed by atoms with Crippen LogP contribution >= 0.6 is 0 Å². The molecule has 1 nitrogen and oxygen atoms in total. The van der Waals surface area contributed by atoms with Gasteiger partial charge >= 0.3 is 0 Å². The molecule has 0 aliphatic rings. The molecule has 0 unspecified atom stereocenters. The van der Waals surface area contributed by atoms with Gasteiger partial charge in [0.05, 0.1) is 11.0 Å². The number of fused-ring (bicyclic) bond motifs is 5. The Hall–Kier alpha value is -5.08. The lowest BCUT2D eigenvalue weighted by Gasteiger charge is -2.18. The first kappa shape index (κ1) is 24.7. The van der Waals surface area contributed by atoms with Crippen LogP contribution in [0, 0.1) is 13.8 Å². The summed E-state index contributed by atoms with van der Waals surface area (Å²) >= 11 is 0. The van der Waals surface area contributed by atoms with Gasteiger partial charge in [-0.2, -0.15) is 0 Å². The monoisotopic (exact) mass is 534 g/mol. The molecule has 8 aromatic rings. The number of hydrogen-bond acceptors (Lipinski definition) is 0. The highest BCUT2D eigenvalue weighted by atomic mass is 15.0. The topological polar surface area (TPSA) is 4.93 Å². The van der Waals surface area contributed by atoms with Crippen molar-refractivity contribution in [1.82, 2.24) is 4.57 Å². The molecule has 0 atom stereocenters. The van der Waals surface area contributed by atoms with E-state index in [1.165, 1.54) is 82.2 Å². The molecular weight excluding hydrogens is 505 g/mol. The van der Waals surface area contributed by atoms with Crippen molar-refractivity contribution in [2.24, 2.45) is 0 Å². The smallest absolute Gasteiger partial charge is 0.193 e. The molecule has 0 spiro atoms. The molecule has 0 N–H and O–H groups in total. The number of nitrogens with zero attached hydrogens (tertiary/aromatic N) is 1. The molecule has 2 heteroatoms. The second-order valence-electron chi connectivity index (χ2n) is 11.2. The first-order valence-electron chi connectivity index (χ1n) is 14.6. The molecule has 0 amide bonds. The molecule has 8 rings (SSSR count). The van der Waals surface area contributed by atoms with Crippen LogP contribution in [0.25, 0.3) is 60.2 Å². The van der Waals surface area contributed by atoms with E-state index in [0.717, 1.165) is 0 Å². The Labute approximate surface area is 246 Å². The maximum Gasteiger partial charge on any atom is 0.193 e. The normalized spacial score (nSPS) is 11.6. The number of rotatable bonds is 4. The van der Waals surface area contributed by atoms with E-state index in [9.17, 15) is 0 Å². The van der Waals surface area contributed by atoms with Gasteiger partial charge in [-0.1, -0.05) is 132 Å². The van der Waals surface area contributed by atoms with Crippen molar-refractivity contribution < 1.29 is 0 Å². The molecule has 1 radical (unpaired) electrons. The minimum absolute atomic E-state index is 1.17. The predicted octanol–water partition coefficient (Wildman–Crippen LogP) is 9.03. The molecule has 0 saturated heterocycles. The molecule has 0 saturated carbocycles. The molecule has 1 aromatic heterocycles. The largest absolute Gasteiger partial charge is 0.309 e. The quantitative estimate of drug-likeness (QED) is 0.157. The summed E-state index contributed by atoms with van der Waals surface area (Å²) in [5.41, 5.74) is 11.3. The Bertz CT molecular complexity index is 2180. The third-order valence-electron chi connectivity index (χ3n) is 8.91. The van der Waals surface area contributed by atoms with Crippen LogP contribution in [-0.4, -0.2) is 11.8 Å². The Morgan fingerprint density at radius 3 is 1.52 bits per heavy atom. The van der Waals surface area contributed by atoms with E-state index in [4.69, 9.17) is 0 Å². The van der Waals surface area contributed by atoms with Gasteiger partial charge in [0.2, 0.25) is 0 Å². The van der Waals surface area contributed by atoms with E-state index < -0.39 is 0 Å². The molecule has 0 bridgehead atoms. The zero-order valence-corrected chi connectivity index (χ0v) is 23.8. The van der Waals surface area contributed by atoms with Crippen LogP contribution in [0.1, 0.15) is 11.1 Å². The van der Waals surface area contributed by atoms with Crippen LogP contribution in [0.2, 0.25) is 0 Å². The van der Waals surface area contributed by atoms with Crippen LogP contribution in [0.15, 0.2) is 140 Å². The van der Waals surface area contributed by atoms with Crippen molar-refractivity contribution in [3.05, 3.63) is 151 Å². The van der Waals surface area contributed by atoms with Gasteiger partial charge in [-0.25, -0.2) is 0 Å². The van der Waals surface area contributed by atoms with E-state index in [2.05, 4.69) is 165 Å². The van der Waals surface area contributed by atoms with E-state index >= 15 is 0 Å². The number of benzene rings is 7. The molecule has 197 valence electrons. The van der Waals surface area contributed by atoms with Crippen molar-refractivity contribution in [3.63, 3.8) is 0 Å². The van der Waals surface area contributed by atoms with Crippen molar-refractivity contribution in [2.45, 2.75) is 13.8 Å². The number of para-hydroxylation sites is 2. The summed E-state index contributed by atoms with van der Waals surface area (Å²) in [6.07, 6.45) is 0. The fourth-order valence-corrected chi connectivity index (χ4v) is 6.69. The van der Waals surface area contributed by atoms with E-state index in [0.29, 0.717) is 0 Å². The van der Waals surface area contributed by atoms with Gasteiger partial charge in [0, 0.05) is 16.5 Å². The molecule has 7 aromatic carbocycles. The van der Waals surface area contributed by atoms with Gasteiger partial charge in [-0.15, -0.1) is 0 Å². The molecule has 0 fully saturated rings. The summed E-state index contributed by atoms with van der Waals surface area (Å²) in [7, 11) is 2.38. The second-order valence-corrected chi connectivity index (χ2v) is 11.2. The summed E-state index contributed by atoms with van der Waals surface area (Å²) in [5.74, 6) is 0. The van der Waals surface area contributed by atoms with Crippen LogP contribution in [-0.2, 0) is 0 Å². The first-order chi connectivity index (χ1) is 20.7. The van der Waals surface area contributed by atoms with Gasteiger partial charge in [-0.3, -0.25) is 0 Å². The highest BCUT2D eigenvalue weighted by Gasteiger charge is 2.18. The highest BCUT2D eigenvalue weighted by Crippen LogP contribution is 2.37. The summed E-state index contributed by atoms with van der Waals surface area (Å²) in [5, 5.41) is 7.67. The SMILES string of the molecule is Cc1cccc([B]c2c3ccccc3c(-c3ccc(-n4c5ccccc5c5ccccc54)cc3)c3ccccc23)c1C. The fraction of sp³-hybridized carbons (Fsp3) is 0.0500. The van der Waals surface area contributed by atoms with Crippen molar-refractivity contribution in [3.8, 4) is 16.8 Å².